The van der Waals surface area contributed by atoms with Crippen molar-refractivity contribution in [1.82, 2.24) is 10.4 Å². The number of amides is 2. The SMILES string of the molecule is CC(=O)N(Cc1ccco1)NC(=O)CCc1ccco1. The summed E-state index contributed by atoms with van der Waals surface area (Å²) in [6, 6.07) is 7.04. The van der Waals surface area contributed by atoms with Crippen LogP contribution in [0.1, 0.15) is 24.9 Å². The molecule has 0 spiro atoms. The van der Waals surface area contributed by atoms with Crippen LogP contribution in [0.5, 0.6) is 0 Å². The van der Waals surface area contributed by atoms with E-state index in [9.17, 15) is 9.59 Å². The minimum Gasteiger partial charge on any atom is -0.469 e. The number of hydrogen-bond donors (Lipinski definition) is 1. The lowest BCUT2D eigenvalue weighted by atomic mass is 10.2. The van der Waals surface area contributed by atoms with E-state index in [2.05, 4.69) is 5.43 Å². The number of nitrogens with zero attached hydrogens (tertiary/aromatic N) is 1. The van der Waals surface area contributed by atoms with E-state index in [4.69, 9.17) is 8.83 Å². The third kappa shape index (κ3) is 4.01. The second-order valence-corrected chi connectivity index (χ2v) is 4.30. The molecule has 6 heteroatoms. The van der Waals surface area contributed by atoms with Crippen molar-refractivity contribution in [1.29, 1.82) is 0 Å². The molecule has 2 rings (SSSR count). The second kappa shape index (κ2) is 6.60. The van der Waals surface area contributed by atoms with Crippen molar-refractivity contribution in [2.24, 2.45) is 0 Å². The first kappa shape index (κ1) is 13.9. The van der Waals surface area contributed by atoms with Gasteiger partial charge in [0.2, 0.25) is 11.8 Å². The van der Waals surface area contributed by atoms with Crippen LogP contribution >= 0.6 is 0 Å². The van der Waals surface area contributed by atoms with E-state index in [0.29, 0.717) is 12.2 Å². The van der Waals surface area contributed by atoms with Crippen LogP contribution in [0.3, 0.4) is 0 Å². The zero-order valence-corrected chi connectivity index (χ0v) is 11.2. The predicted molar refractivity (Wildman–Crippen MR) is 70.1 cm³/mol. The van der Waals surface area contributed by atoms with E-state index in [1.165, 1.54) is 18.2 Å². The summed E-state index contributed by atoms with van der Waals surface area (Å²) in [6.07, 6.45) is 3.82. The Morgan fingerprint density at radius 1 is 1.15 bits per heavy atom. The van der Waals surface area contributed by atoms with Gasteiger partial charge in [-0.15, -0.1) is 0 Å². The molecule has 6 nitrogen and oxygen atoms in total. The predicted octanol–water partition coefficient (Wildman–Crippen LogP) is 1.89. The van der Waals surface area contributed by atoms with Crippen molar-refractivity contribution in [3.63, 3.8) is 0 Å². The van der Waals surface area contributed by atoms with Gasteiger partial charge in [0, 0.05) is 19.8 Å². The molecule has 1 N–H and O–H groups in total. The van der Waals surface area contributed by atoms with Crippen molar-refractivity contribution in [2.75, 3.05) is 0 Å². The summed E-state index contributed by atoms with van der Waals surface area (Å²) >= 11 is 0. The number of hydrogen-bond acceptors (Lipinski definition) is 4. The topological polar surface area (TPSA) is 75.7 Å². The average Bonchev–Trinajstić information content (AvgIpc) is 3.08. The fourth-order valence-electron chi connectivity index (χ4n) is 1.69. The Morgan fingerprint density at radius 3 is 2.35 bits per heavy atom. The molecule has 0 saturated heterocycles. The van der Waals surface area contributed by atoms with Crippen LogP contribution < -0.4 is 5.43 Å². The third-order valence-electron chi connectivity index (χ3n) is 2.71. The zero-order valence-electron chi connectivity index (χ0n) is 11.2. The molecule has 0 aliphatic rings. The highest BCUT2D eigenvalue weighted by molar-refractivity contribution is 5.80. The molecular weight excluding hydrogens is 260 g/mol. The maximum absolute atomic E-state index is 11.8. The Hall–Kier alpha value is -2.50. The van der Waals surface area contributed by atoms with E-state index in [1.54, 1.807) is 30.5 Å². The Balaban J connectivity index is 1.84. The van der Waals surface area contributed by atoms with E-state index >= 15 is 0 Å². The van der Waals surface area contributed by atoms with Crippen LogP contribution in [0.15, 0.2) is 45.6 Å². The zero-order chi connectivity index (χ0) is 14.4. The lowest BCUT2D eigenvalue weighted by molar-refractivity contribution is -0.140. The normalized spacial score (nSPS) is 10.2. The molecule has 20 heavy (non-hydrogen) atoms. The molecular formula is C14H16N2O4. The van der Waals surface area contributed by atoms with Crippen LogP contribution in [0.4, 0.5) is 0 Å². The first-order chi connectivity index (χ1) is 9.65. The number of furan rings is 2. The average molecular weight is 276 g/mol. The van der Waals surface area contributed by atoms with Crippen molar-refractivity contribution in [2.45, 2.75) is 26.3 Å². The molecule has 2 heterocycles. The maximum Gasteiger partial charge on any atom is 0.239 e. The van der Waals surface area contributed by atoms with Crippen LogP contribution in [-0.2, 0) is 22.6 Å². The van der Waals surface area contributed by atoms with Crippen LogP contribution in [0.25, 0.3) is 0 Å². The monoisotopic (exact) mass is 276 g/mol. The molecule has 0 aliphatic carbocycles. The number of rotatable bonds is 5. The summed E-state index contributed by atoms with van der Waals surface area (Å²) in [5.74, 6) is 0.836. The molecule has 0 atom stereocenters. The summed E-state index contributed by atoms with van der Waals surface area (Å²) < 4.78 is 10.3. The van der Waals surface area contributed by atoms with E-state index < -0.39 is 0 Å². The number of nitrogens with one attached hydrogen (secondary N) is 1. The van der Waals surface area contributed by atoms with Crippen molar-refractivity contribution < 1.29 is 18.4 Å². The Morgan fingerprint density at radius 2 is 1.80 bits per heavy atom. The Bertz CT molecular complexity index is 546. The number of aryl methyl sites for hydroxylation is 1. The smallest absolute Gasteiger partial charge is 0.239 e. The molecule has 0 bridgehead atoms. The van der Waals surface area contributed by atoms with Gasteiger partial charge in [-0.3, -0.25) is 15.0 Å². The van der Waals surface area contributed by atoms with Gasteiger partial charge in [-0.05, 0) is 24.3 Å². The Kier molecular flexibility index (Phi) is 4.60. The molecule has 0 saturated carbocycles. The largest absolute Gasteiger partial charge is 0.469 e. The van der Waals surface area contributed by atoms with Crippen LogP contribution in [0, 0.1) is 0 Å². The van der Waals surface area contributed by atoms with E-state index in [0.717, 1.165) is 5.76 Å². The molecule has 2 aromatic heterocycles. The lowest BCUT2D eigenvalue weighted by Crippen LogP contribution is -2.44. The van der Waals surface area contributed by atoms with Crippen molar-refractivity contribution in [3.8, 4) is 0 Å². The molecule has 106 valence electrons. The van der Waals surface area contributed by atoms with Gasteiger partial charge in [0.05, 0.1) is 12.5 Å². The van der Waals surface area contributed by atoms with Gasteiger partial charge in [-0.2, -0.15) is 0 Å². The fraction of sp³-hybridized carbons (Fsp3) is 0.286. The maximum atomic E-state index is 11.8. The van der Waals surface area contributed by atoms with E-state index in [1.807, 2.05) is 0 Å². The molecule has 0 fully saturated rings. The molecule has 0 radical (unpaired) electrons. The molecule has 2 aromatic rings. The summed E-state index contributed by atoms with van der Waals surface area (Å²) in [7, 11) is 0. The van der Waals surface area contributed by atoms with Crippen molar-refractivity contribution in [3.05, 3.63) is 48.3 Å². The Labute approximate surface area is 116 Å². The van der Waals surface area contributed by atoms with Crippen LogP contribution in [-0.4, -0.2) is 16.8 Å². The fourth-order valence-corrected chi connectivity index (χ4v) is 1.69. The highest BCUT2D eigenvalue weighted by Gasteiger charge is 2.14. The van der Waals surface area contributed by atoms with E-state index in [-0.39, 0.29) is 24.8 Å². The van der Waals surface area contributed by atoms with Gasteiger partial charge in [-0.25, -0.2) is 5.01 Å². The van der Waals surface area contributed by atoms with Gasteiger partial charge in [0.1, 0.15) is 18.1 Å². The van der Waals surface area contributed by atoms with Gasteiger partial charge < -0.3 is 8.83 Å². The highest BCUT2D eigenvalue weighted by Crippen LogP contribution is 2.06. The summed E-state index contributed by atoms with van der Waals surface area (Å²) in [6.45, 7) is 1.59. The standard InChI is InChI=1S/C14H16N2O4/c1-11(17)16(10-13-5-3-9-20-13)15-14(18)7-6-12-4-2-8-19-12/h2-5,8-9H,6-7,10H2,1H3,(H,15,18). The number of hydrazine groups is 1. The highest BCUT2D eigenvalue weighted by atomic mass is 16.3. The minimum atomic E-state index is -0.257. The minimum absolute atomic E-state index is 0.203. The van der Waals surface area contributed by atoms with Gasteiger partial charge >= 0.3 is 0 Å². The number of carbonyl (C=O) groups is 2. The van der Waals surface area contributed by atoms with Gasteiger partial charge in [0.25, 0.3) is 0 Å². The summed E-state index contributed by atoms with van der Waals surface area (Å²) in [4.78, 5) is 23.3. The summed E-state index contributed by atoms with van der Waals surface area (Å²) in [5.41, 5.74) is 2.56. The molecule has 0 unspecified atom stereocenters. The first-order valence-corrected chi connectivity index (χ1v) is 6.27. The van der Waals surface area contributed by atoms with Crippen LogP contribution in [0.2, 0.25) is 0 Å². The third-order valence-corrected chi connectivity index (χ3v) is 2.71. The van der Waals surface area contributed by atoms with Crippen molar-refractivity contribution >= 4 is 11.8 Å². The molecule has 0 aliphatic heterocycles. The summed E-state index contributed by atoms with van der Waals surface area (Å²) in [5, 5.41) is 1.23. The number of carbonyl (C=O) groups excluding carboxylic acids is 2. The second-order valence-electron chi connectivity index (χ2n) is 4.30. The quantitative estimate of drug-likeness (QED) is 0.846. The van der Waals surface area contributed by atoms with Gasteiger partial charge in [0.15, 0.2) is 0 Å². The first-order valence-electron chi connectivity index (χ1n) is 6.27. The van der Waals surface area contributed by atoms with Gasteiger partial charge in [-0.1, -0.05) is 0 Å². The lowest BCUT2D eigenvalue weighted by Gasteiger charge is -2.20. The molecule has 0 aromatic carbocycles. The molecule has 2 amide bonds.